The average molecular weight is 605 g/mol. The molecular formula is C34H38ClFN4O3. The van der Waals surface area contributed by atoms with Crippen LogP contribution in [0.4, 0.5) is 15.0 Å². The molecule has 1 unspecified atom stereocenters. The van der Waals surface area contributed by atoms with Gasteiger partial charge in [-0.2, -0.15) is 4.98 Å². The number of carbonyl (C=O) groups is 1. The number of fused-ring (bicyclic) bond motifs is 1. The van der Waals surface area contributed by atoms with Crippen molar-refractivity contribution < 1.29 is 13.9 Å². The molecule has 5 rings (SSSR count). The van der Waals surface area contributed by atoms with Crippen molar-refractivity contribution in [3.63, 3.8) is 0 Å². The Bertz CT molecular complexity index is 1720. The number of hydrogen-bond acceptors (Lipinski definition) is 5. The highest BCUT2D eigenvalue weighted by Crippen LogP contribution is 2.38. The molecule has 3 aromatic carbocycles. The zero-order valence-corrected chi connectivity index (χ0v) is 26.3. The maximum atomic E-state index is 15.0. The summed E-state index contributed by atoms with van der Waals surface area (Å²) in [5, 5.41) is 1.03. The van der Waals surface area contributed by atoms with Gasteiger partial charge >= 0.3 is 11.8 Å². The van der Waals surface area contributed by atoms with Crippen molar-refractivity contribution in [1.29, 1.82) is 0 Å². The van der Waals surface area contributed by atoms with E-state index in [4.69, 9.17) is 16.3 Å². The lowest BCUT2D eigenvalue weighted by molar-refractivity contribution is 0.0218. The molecule has 226 valence electrons. The van der Waals surface area contributed by atoms with Crippen LogP contribution in [-0.4, -0.2) is 51.8 Å². The van der Waals surface area contributed by atoms with Gasteiger partial charge in [-0.05, 0) is 69.9 Å². The molecule has 2 heterocycles. The molecule has 0 bridgehead atoms. The Morgan fingerprint density at radius 2 is 1.70 bits per heavy atom. The largest absolute Gasteiger partial charge is 0.444 e. The SMILES string of the molecule is CCc1cccc(CC)c1-n1c(=O)nc(N2CCN(C(=O)OC(C)(C)C)CC2C)c2cc(Cl)c(-c3ccccc3F)cc21. The number of piperazine rings is 1. The highest BCUT2D eigenvalue weighted by molar-refractivity contribution is 6.34. The number of para-hydroxylation sites is 1. The third kappa shape index (κ3) is 5.98. The summed E-state index contributed by atoms with van der Waals surface area (Å²) in [5.41, 5.74) is 3.23. The maximum Gasteiger partial charge on any atom is 0.410 e. The van der Waals surface area contributed by atoms with Crippen LogP contribution in [0, 0.1) is 5.82 Å². The first kappa shape index (κ1) is 30.5. The molecule has 4 aromatic rings. The molecule has 1 aliphatic heterocycles. The molecule has 1 amide bonds. The summed E-state index contributed by atoms with van der Waals surface area (Å²) in [6, 6.07) is 15.9. The highest BCUT2D eigenvalue weighted by Gasteiger charge is 2.32. The number of carbonyl (C=O) groups excluding carboxylic acids is 1. The van der Waals surface area contributed by atoms with Crippen molar-refractivity contribution in [2.75, 3.05) is 24.5 Å². The Hall–Kier alpha value is -3.91. The second kappa shape index (κ2) is 12.0. The third-order valence-corrected chi connectivity index (χ3v) is 8.18. The molecule has 9 heteroatoms. The monoisotopic (exact) mass is 604 g/mol. The molecule has 7 nitrogen and oxygen atoms in total. The van der Waals surface area contributed by atoms with Crippen molar-refractivity contribution in [1.82, 2.24) is 14.5 Å². The average Bonchev–Trinajstić information content (AvgIpc) is 2.96. The fraction of sp³-hybridized carbons (Fsp3) is 0.382. The number of rotatable bonds is 5. The molecule has 1 aromatic heterocycles. The fourth-order valence-electron chi connectivity index (χ4n) is 5.82. The third-order valence-electron chi connectivity index (χ3n) is 7.86. The minimum absolute atomic E-state index is 0.161. The second-order valence-corrected chi connectivity index (χ2v) is 12.4. The molecule has 43 heavy (non-hydrogen) atoms. The van der Waals surface area contributed by atoms with Gasteiger partial charge in [0.15, 0.2) is 0 Å². The number of aryl methyl sites for hydroxylation is 2. The molecule has 1 saturated heterocycles. The Labute approximate surface area is 256 Å². The summed E-state index contributed by atoms with van der Waals surface area (Å²) in [7, 11) is 0. The number of nitrogens with zero attached hydrogens (tertiary/aromatic N) is 4. The van der Waals surface area contributed by atoms with Gasteiger partial charge in [-0.25, -0.2) is 14.0 Å². The smallest absolute Gasteiger partial charge is 0.410 e. The van der Waals surface area contributed by atoms with Gasteiger partial charge in [0.2, 0.25) is 0 Å². The maximum absolute atomic E-state index is 15.0. The van der Waals surface area contributed by atoms with Crippen molar-refractivity contribution in [2.24, 2.45) is 0 Å². The Balaban J connectivity index is 1.72. The van der Waals surface area contributed by atoms with Crippen LogP contribution >= 0.6 is 11.6 Å². The lowest BCUT2D eigenvalue weighted by atomic mass is 10.00. The van der Waals surface area contributed by atoms with Gasteiger partial charge in [-0.15, -0.1) is 0 Å². The van der Waals surface area contributed by atoms with Crippen LogP contribution in [0.15, 0.2) is 59.4 Å². The molecule has 0 aliphatic carbocycles. The predicted octanol–water partition coefficient (Wildman–Crippen LogP) is 7.42. The van der Waals surface area contributed by atoms with E-state index in [1.165, 1.54) is 6.07 Å². The number of benzene rings is 3. The van der Waals surface area contributed by atoms with Gasteiger partial charge in [0.1, 0.15) is 17.2 Å². The van der Waals surface area contributed by atoms with E-state index in [0.717, 1.165) is 29.7 Å². The number of hydrogen-bond donors (Lipinski definition) is 0. The van der Waals surface area contributed by atoms with Crippen LogP contribution in [0.1, 0.15) is 52.7 Å². The topological polar surface area (TPSA) is 67.7 Å². The summed E-state index contributed by atoms with van der Waals surface area (Å²) in [6.07, 6.45) is 1.07. The number of aromatic nitrogens is 2. The molecule has 1 aliphatic rings. The van der Waals surface area contributed by atoms with E-state index in [1.807, 2.05) is 50.8 Å². The van der Waals surface area contributed by atoms with Crippen LogP contribution in [0.5, 0.6) is 0 Å². The Kier molecular flexibility index (Phi) is 8.52. The fourth-order valence-corrected chi connectivity index (χ4v) is 6.08. The zero-order chi connectivity index (χ0) is 31.1. The van der Waals surface area contributed by atoms with Crippen LogP contribution in [0.2, 0.25) is 5.02 Å². The molecule has 0 spiro atoms. The number of ether oxygens (including phenoxy) is 1. The lowest BCUT2D eigenvalue weighted by Gasteiger charge is -2.41. The molecule has 0 saturated carbocycles. The van der Waals surface area contributed by atoms with E-state index in [-0.39, 0.29) is 12.1 Å². The predicted molar refractivity (Wildman–Crippen MR) is 171 cm³/mol. The molecular weight excluding hydrogens is 567 g/mol. The first-order valence-corrected chi connectivity index (χ1v) is 15.2. The minimum Gasteiger partial charge on any atom is -0.444 e. The van der Waals surface area contributed by atoms with Crippen LogP contribution in [0.3, 0.4) is 0 Å². The van der Waals surface area contributed by atoms with E-state index in [1.54, 1.807) is 39.8 Å². The molecule has 0 N–H and O–H groups in total. The number of halogens is 2. The highest BCUT2D eigenvalue weighted by atomic mass is 35.5. The molecule has 0 radical (unpaired) electrons. The van der Waals surface area contributed by atoms with Gasteiger partial charge < -0.3 is 14.5 Å². The van der Waals surface area contributed by atoms with Gasteiger partial charge in [0.05, 0.1) is 11.2 Å². The van der Waals surface area contributed by atoms with Crippen molar-refractivity contribution >= 4 is 34.4 Å². The Morgan fingerprint density at radius 1 is 1.02 bits per heavy atom. The van der Waals surface area contributed by atoms with E-state index < -0.39 is 17.1 Å². The summed E-state index contributed by atoms with van der Waals surface area (Å²) >= 11 is 6.87. The van der Waals surface area contributed by atoms with E-state index in [0.29, 0.717) is 52.5 Å². The number of anilines is 1. The van der Waals surface area contributed by atoms with Crippen LogP contribution in [0.25, 0.3) is 27.7 Å². The zero-order valence-electron chi connectivity index (χ0n) is 25.6. The van der Waals surface area contributed by atoms with E-state index in [9.17, 15) is 9.59 Å². The van der Waals surface area contributed by atoms with Gasteiger partial charge in [-0.1, -0.05) is 61.8 Å². The van der Waals surface area contributed by atoms with Gasteiger partial charge in [0, 0.05) is 47.2 Å². The lowest BCUT2D eigenvalue weighted by Crippen LogP contribution is -2.55. The van der Waals surface area contributed by atoms with Crippen molar-refractivity contribution in [2.45, 2.75) is 66.0 Å². The van der Waals surface area contributed by atoms with E-state index in [2.05, 4.69) is 18.8 Å². The molecule has 1 fully saturated rings. The van der Waals surface area contributed by atoms with Crippen LogP contribution < -0.4 is 10.6 Å². The summed E-state index contributed by atoms with van der Waals surface area (Å²) < 4.78 is 22.3. The number of amides is 1. The summed E-state index contributed by atoms with van der Waals surface area (Å²) in [5.74, 6) is 0.0867. The first-order valence-electron chi connectivity index (χ1n) is 14.8. The standard InChI is InChI=1S/C34H38ClFN4O3/c1-7-22-12-11-13-23(8-2)30(22)40-29-19-25(24-14-9-10-15-28(24)36)27(35)18-26(29)31(37-32(40)41)39-17-16-38(20-21(39)3)33(42)43-34(4,5)6/h9-15,18-19,21H,7-8,16-17,20H2,1-6H3. The summed E-state index contributed by atoms with van der Waals surface area (Å²) in [6.45, 7) is 12.9. The van der Waals surface area contributed by atoms with Crippen molar-refractivity contribution in [3.05, 3.63) is 87.0 Å². The summed E-state index contributed by atoms with van der Waals surface area (Å²) in [4.78, 5) is 35.3. The van der Waals surface area contributed by atoms with Crippen molar-refractivity contribution in [3.8, 4) is 16.8 Å². The first-order chi connectivity index (χ1) is 20.4. The normalized spacial score (nSPS) is 15.7. The van der Waals surface area contributed by atoms with E-state index >= 15 is 4.39 Å². The molecule has 1 atom stereocenters. The van der Waals surface area contributed by atoms with Gasteiger partial charge in [0.25, 0.3) is 0 Å². The minimum atomic E-state index is -0.599. The van der Waals surface area contributed by atoms with Crippen LogP contribution in [-0.2, 0) is 17.6 Å². The Morgan fingerprint density at radius 3 is 2.30 bits per heavy atom. The van der Waals surface area contributed by atoms with Gasteiger partial charge in [-0.3, -0.25) is 4.57 Å². The quantitative estimate of drug-likeness (QED) is 0.237. The second-order valence-electron chi connectivity index (χ2n) is 12.0.